The molecule has 0 aliphatic rings. The molecule has 0 aromatic heterocycles. The first-order valence-corrected chi connectivity index (χ1v) is 14.9. The minimum atomic E-state index is -4.24. The summed E-state index contributed by atoms with van der Waals surface area (Å²) in [7, 11) is -4.24. The molecule has 8 nitrogen and oxygen atoms in total. The summed E-state index contributed by atoms with van der Waals surface area (Å²) in [4.78, 5) is 28.3. The molecule has 0 aliphatic carbocycles. The van der Waals surface area contributed by atoms with Crippen molar-refractivity contribution in [2.24, 2.45) is 0 Å². The highest BCUT2D eigenvalue weighted by atomic mass is 35.5. The maximum absolute atomic E-state index is 13.9. The van der Waals surface area contributed by atoms with Gasteiger partial charge in [-0.2, -0.15) is 0 Å². The molecule has 0 radical (unpaired) electrons. The van der Waals surface area contributed by atoms with Gasteiger partial charge in [0, 0.05) is 17.1 Å². The van der Waals surface area contributed by atoms with E-state index in [1.165, 1.54) is 53.4 Å². The van der Waals surface area contributed by atoms with Crippen molar-refractivity contribution in [2.45, 2.75) is 57.6 Å². The molecular formula is C30H35ClFN3O5S. The Morgan fingerprint density at radius 1 is 0.976 bits per heavy atom. The average Bonchev–Trinajstić information content (AvgIpc) is 2.91. The molecule has 0 saturated heterocycles. The van der Waals surface area contributed by atoms with Crippen LogP contribution in [0, 0.1) is 5.82 Å². The Morgan fingerprint density at radius 3 is 2.10 bits per heavy atom. The van der Waals surface area contributed by atoms with Gasteiger partial charge in [-0.15, -0.1) is 0 Å². The van der Waals surface area contributed by atoms with E-state index in [4.69, 9.17) is 16.3 Å². The third kappa shape index (κ3) is 8.68. The molecular weight excluding hydrogens is 569 g/mol. The zero-order valence-electron chi connectivity index (χ0n) is 23.7. The first kappa shape index (κ1) is 31.9. The van der Waals surface area contributed by atoms with Crippen LogP contribution in [0.15, 0.2) is 77.7 Å². The quantitative estimate of drug-likeness (QED) is 0.316. The van der Waals surface area contributed by atoms with Gasteiger partial charge < -0.3 is 15.0 Å². The fourth-order valence-corrected chi connectivity index (χ4v) is 5.52. The number of benzene rings is 3. The molecule has 0 unspecified atom stereocenters. The van der Waals surface area contributed by atoms with Crippen molar-refractivity contribution in [2.75, 3.05) is 17.5 Å². The lowest BCUT2D eigenvalue weighted by molar-refractivity contribution is -0.140. The summed E-state index contributed by atoms with van der Waals surface area (Å²) in [6, 6.07) is 16.5. The standard InChI is InChI=1S/C30H35ClFN3O5S/c1-6-40-26-15-13-25(14-16-26)35(41(38,39)27-17-9-23(31)10-18-27)20-28(36)34(19-22-7-11-24(32)12-8-22)21(2)29(37)33-30(3,4)5/h7-18,21H,6,19-20H2,1-5H3,(H,33,37)/t21-/m1/s1. The summed E-state index contributed by atoms with van der Waals surface area (Å²) in [6.45, 7) is 8.62. The smallest absolute Gasteiger partial charge is 0.264 e. The van der Waals surface area contributed by atoms with Crippen LogP contribution in [0.1, 0.15) is 40.2 Å². The molecule has 0 saturated carbocycles. The van der Waals surface area contributed by atoms with Gasteiger partial charge in [-0.1, -0.05) is 23.7 Å². The Labute approximate surface area is 246 Å². The number of ether oxygens (including phenoxy) is 1. The van der Waals surface area contributed by atoms with Crippen LogP contribution in [0.5, 0.6) is 5.75 Å². The van der Waals surface area contributed by atoms with Gasteiger partial charge in [0.05, 0.1) is 17.2 Å². The van der Waals surface area contributed by atoms with E-state index >= 15 is 0 Å². The van der Waals surface area contributed by atoms with Gasteiger partial charge in [-0.05, 0) is 101 Å². The number of amides is 2. The van der Waals surface area contributed by atoms with E-state index in [-0.39, 0.29) is 17.1 Å². The highest BCUT2D eigenvalue weighted by Crippen LogP contribution is 2.27. The number of anilines is 1. The summed E-state index contributed by atoms with van der Waals surface area (Å²) >= 11 is 5.98. The van der Waals surface area contributed by atoms with E-state index in [2.05, 4.69) is 5.32 Å². The summed E-state index contributed by atoms with van der Waals surface area (Å²) < 4.78 is 47.8. The first-order valence-electron chi connectivity index (χ1n) is 13.1. The van der Waals surface area contributed by atoms with E-state index in [0.29, 0.717) is 22.9 Å². The van der Waals surface area contributed by atoms with Gasteiger partial charge in [0.15, 0.2) is 0 Å². The van der Waals surface area contributed by atoms with Crippen LogP contribution in [-0.4, -0.2) is 49.9 Å². The van der Waals surface area contributed by atoms with E-state index < -0.39 is 45.8 Å². The molecule has 1 atom stereocenters. The predicted octanol–water partition coefficient (Wildman–Crippen LogP) is 5.41. The second-order valence-electron chi connectivity index (χ2n) is 10.5. The second kappa shape index (κ2) is 13.4. The zero-order valence-corrected chi connectivity index (χ0v) is 25.3. The van der Waals surface area contributed by atoms with Gasteiger partial charge in [0.2, 0.25) is 11.8 Å². The zero-order chi connectivity index (χ0) is 30.4. The number of rotatable bonds is 11. The molecule has 2 amide bonds. The van der Waals surface area contributed by atoms with Crippen molar-refractivity contribution < 1.29 is 27.1 Å². The van der Waals surface area contributed by atoms with Crippen molar-refractivity contribution in [3.05, 3.63) is 89.2 Å². The van der Waals surface area contributed by atoms with Gasteiger partial charge >= 0.3 is 0 Å². The average molecular weight is 604 g/mol. The fraction of sp³-hybridized carbons (Fsp3) is 0.333. The highest BCUT2D eigenvalue weighted by Gasteiger charge is 2.33. The molecule has 41 heavy (non-hydrogen) atoms. The minimum Gasteiger partial charge on any atom is -0.494 e. The van der Waals surface area contributed by atoms with Gasteiger partial charge in [-0.3, -0.25) is 13.9 Å². The maximum Gasteiger partial charge on any atom is 0.264 e. The van der Waals surface area contributed by atoms with Crippen LogP contribution in [0.25, 0.3) is 0 Å². The van der Waals surface area contributed by atoms with Crippen molar-refractivity contribution >= 4 is 39.1 Å². The molecule has 0 bridgehead atoms. The predicted molar refractivity (Wildman–Crippen MR) is 158 cm³/mol. The second-order valence-corrected chi connectivity index (χ2v) is 12.8. The Hall–Kier alpha value is -3.63. The third-order valence-electron chi connectivity index (χ3n) is 6.05. The Bertz CT molecular complexity index is 1440. The van der Waals surface area contributed by atoms with Crippen molar-refractivity contribution in [3.8, 4) is 5.75 Å². The highest BCUT2D eigenvalue weighted by molar-refractivity contribution is 7.92. The first-order chi connectivity index (χ1) is 19.2. The molecule has 0 aliphatic heterocycles. The van der Waals surface area contributed by atoms with Crippen LogP contribution in [-0.2, 0) is 26.2 Å². The van der Waals surface area contributed by atoms with Crippen LogP contribution in [0.4, 0.5) is 10.1 Å². The van der Waals surface area contributed by atoms with E-state index in [9.17, 15) is 22.4 Å². The molecule has 1 N–H and O–H groups in total. The van der Waals surface area contributed by atoms with Crippen molar-refractivity contribution in [1.29, 1.82) is 0 Å². The summed E-state index contributed by atoms with van der Waals surface area (Å²) in [6.07, 6.45) is 0. The Balaban J connectivity index is 2.03. The number of carbonyl (C=O) groups excluding carboxylic acids is 2. The monoisotopic (exact) mass is 603 g/mol. The third-order valence-corrected chi connectivity index (χ3v) is 8.09. The number of nitrogens with zero attached hydrogens (tertiary/aromatic N) is 2. The summed E-state index contributed by atoms with van der Waals surface area (Å²) in [5.74, 6) is -0.948. The molecule has 3 rings (SSSR count). The van der Waals surface area contributed by atoms with E-state index in [0.717, 1.165) is 4.31 Å². The van der Waals surface area contributed by atoms with Crippen molar-refractivity contribution in [1.82, 2.24) is 10.2 Å². The van der Waals surface area contributed by atoms with Crippen LogP contribution in [0.3, 0.4) is 0 Å². The van der Waals surface area contributed by atoms with Crippen molar-refractivity contribution in [3.63, 3.8) is 0 Å². The number of hydrogen-bond donors (Lipinski definition) is 1. The van der Waals surface area contributed by atoms with Crippen LogP contribution >= 0.6 is 11.6 Å². The summed E-state index contributed by atoms with van der Waals surface area (Å²) in [5.41, 5.74) is 0.232. The lowest BCUT2D eigenvalue weighted by Crippen LogP contribution is -2.54. The number of halogens is 2. The number of carbonyl (C=O) groups is 2. The van der Waals surface area contributed by atoms with Gasteiger partial charge in [-0.25, -0.2) is 12.8 Å². The number of nitrogens with one attached hydrogen (secondary N) is 1. The van der Waals surface area contributed by atoms with E-state index in [1.54, 1.807) is 31.2 Å². The van der Waals surface area contributed by atoms with Crippen LogP contribution < -0.4 is 14.4 Å². The molecule has 3 aromatic rings. The molecule has 11 heteroatoms. The maximum atomic E-state index is 13.9. The largest absolute Gasteiger partial charge is 0.494 e. The Kier molecular flexibility index (Phi) is 10.4. The SMILES string of the molecule is CCOc1ccc(N(CC(=O)N(Cc2ccc(F)cc2)[C@H](C)C(=O)NC(C)(C)C)S(=O)(=O)c2ccc(Cl)cc2)cc1. The van der Waals surface area contributed by atoms with Gasteiger partial charge in [0.25, 0.3) is 10.0 Å². The molecule has 220 valence electrons. The Morgan fingerprint density at radius 2 is 1.56 bits per heavy atom. The van der Waals surface area contributed by atoms with Gasteiger partial charge in [0.1, 0.15) is 24.2 Å². The van der Waals surface area contributed by atoms with E-state index in [1.807, 2.05) is 27.7 Å². The molecule has 3 aromatic carbocycles. The minimum absolute atomic E-state index is 0.0457. The molecule has 0 fully saturated rings. The van der Waals surface area contributed by atoms with Crippen LogP contribution in [0.2, 0.25) is 5.02 Å². The number of hydrogen-bond acceptors (Lipinski definition) is 5. The lowest BCUT2D eigenvalue weighted by Gasteiger charge is -2.33. The fourth-order valence-electron chi connectivity index (χ4n) is 3.98. The summed E-state index contributed by atoms with van der Waals surface area (Å²) in [5, 5.41) is 3.22. The normalized spacial score (nSPS) is 12.4. The topological polar surface area (TPSA) is 96.0 Å². The molecule has 0 heterocycles. The lowest BCUT2D eigenvalue weighted by atomic mass is 10.1. The number of sulfonamides is 1. The molecule has 0 spiro atoms.